The van der Waals surface area contributed by atoms with E-state index in [0.29, 0.717) is 16.9 Å². The van der Waals surface area contributed by atoms with Gasteiger partial charge in [0.2, 0.25) is 0 Å². The number of carbonyl (C=O) groups excluding carboxylic acids is 1. The Kier molecular flexibility index (Phi) is 4.94. The van der Waals surface area contributed by atoms with Crippen LogP contribution in [0.4, 0.5) is 0 Å². The number of halogens is 1. The maximum atomic E-state index is 11.9. The Morgan fingerprint density at radius 1 is 1.33 bits per heavy atom. The highest BCUT2D eigenvalue weighted by Gasteiger charge is 2.06. The van der Waals surface area contributed by atoms with E-state index in [1.54, 1.807) is 36.4 Å². The van der Waals surface area contributed by atoms with Crippen LogP contribution in [0.1, 0.15) is 15.9 Å². The number of nitrogens with one attached hydrogen (secondary N) is 1. The Balaban J connectivity index is 2.07. The highest BCUT2D eigenvalue weighted by atomic mass is 79.9. The van der Waals surface area contributed by atoms with Gasteiger partial charge in [0.15, 0.2) is 11.5 Å². The molecule has 0 fully saturated rings. The molecule has 0 heterocycles. The number of nitrogens with zero attached hydrogens (tertiary/aromatic N) is 1. The molecule has 108 valence electrons. The smallest absolute Gasteiger partial charge is 0.271 e. The van der Waals surface area contributed by atoms with Gasteiger partial charge in [-0.25, -0.2) is 5.43 Å². The Morgan fingerprint density at radius 2 is 2.10 bits per heavy atom. The first kappa shape index (κ1) is 15.1. The molecule has 0 aliphatic carbocycles. The number of ether oxygens (including phenoxy) is 1. The van der Waals surface area contributed by atoms with E-state index < -0.39 is 0 Å². The van der Waals surface area contributed by atoms with Crippen LogP contribution in [0.5, 0.6) is 11.5 Å². The van der Waals surface area contributed by atoms with E-state index in [9.17, 15) is 9.90 Å². The van der Waals surface area contributed by atoms with Crippen molar-refractivity contribution in [2.45, 2.75) is 0 Å². The van der Waals surface area contributed by atoms with Crippen LogP contribution in [0.25, 0.3) is 0 Å². The SMILES string of the molecule is COc1cccc(/C=N\NC(=O)c2cccc(Br)c2)c1O. The summed E-state index contributed by atoms with van der Waals surface area (Å²) < 4.78 is 5.80. The van der Waals surface area contributed by atoms with Crippen LogP contribution in [-0.4, -0.2) is 24.3 Å². The Labute approximate surface area is 130 Å². The third-order valence-electron chi connectivity index (χ3n) is 2.71. The van der Waals surface area contributed by atoms with Crippen molar-refractivity contribution in [2.75, 3.05) is 7.11 Å². The van der Waals surface area contributed by atoms with E-state index in [2.05, 4.69) is 26.5 Å². The Bertz CT molecular complexity index is 686. The molecule has 2 aromatic carbocycles. The van der Waals surface area contributed by atoms with Gasteiger partial charge in [0.1, 0.15) is 0 Å². The van der Waals surface area contributed by atoms with E-state index in [1.165, 1.54) is 13.3 Å². The second-order valence-corrected chi connectivity index (χ2v) is 5.02. The van der Waals surface area contributed by atoms with Crippen molar-refractivity contribution in [3.8, 4) is 11.5 Å². The van der Waals surface area contributed by atoms with Crippen molar-refractivity contribution < 1.29 is 14.6 Å². The fourth-order valence-electron chi connectivity index (χ4n) is 1.66. The molecule has 1 amide bonds. The van der Waals surface area contributed by atoms with Gasteiger partial charge in [-0.3, -0.25) is 4.79 Å². The second-order valence-electron chi connectivity index (χ2n) is 4.11. The monoisotopic (exact) mass is 348 g/mol. The molecule has 0 bridgehead atoms. The number of aromatic hydroxyl groups is 1. The van der Waals surface area contributed by atoms with Crippen LogP contribution in [-0.2, 0) is 0 Å². The summed E-state index contributed by atoms with van der Waals surface area (Å²) in [5.74, 6) is -0.0207. The zero-order chi connectivity index (χ0) is 15.2. The van der Waals surface area contributed by atoms with Gasteiger partial charge in [-0.1, -0.05) is 28.1 Å². The molecule has 0 saturated carbocycles. The molecule has 0 atom stereocenters. The third-order valence-corrected chi connectivity index (χ3v) is 3.20. The quantitative estimate of drug-likeness (QED) is 0.659. The van der Waals surface area contributed by atoms with Gasteiger partial charge in [0.05, 0.1) is 13.3 Å². The van der Waals surface area contributed by atoms with Crippen molar-refractivity contribution in [1.82, 2.24) is 5.43 Å². The zero-order valence-electron chi connectivity index (χ0n) is 11.2. The molecule has 6 heteroatoms. The Morgan fingerprint density at radius 3 is 2.81 bits per heavy atom. The summed E-state index contributed by atoms with van der Waals surface area (Å²) in [7, 11) is 1.46. The lowest BCUT2D eigenvalue weighted by atomic mass is 10.2. The largest absolute Gasteiger partial charge is 0.504 e. The molecular weight excluding hydrogens is 336 g/mol. The molecule has 2 rings (SSSR count). The lowest BCUT2D eigenvalue weighted by Crippen LogP contribution is -2.17. The van der Waals surface area contributed by atoms with Gasteiger partial charge in [0.25, 0.3) is 5.91 Å². The highest BCUT2D eigenvalue weighted by Crippen LogP contribution is 2.27. The van der Waals surface area contributed by atoms with Crippen LogP contribution in [0, 0.1) is 0 Å². The zero-order valence-corrected chi connectivity index (χ0v) is 12.8. The van der Waals surface area contributed by atoms with E-state index >= 15 is 0 Å². The summed E-state index contributed by atoms with van der Waals surface area (Å²) in [5, 5.41) is 13.7. The number of methoxy groups -OCH3 is 1. The summed E-state index contributed by atoms with van der Waals surface area (Å²) in [6.45, 7) is 0. The molecule has 0 aromatic heterocycles. The minimum absolute atomic E-state index is 0.0274. The highest BCUT2D eigenvalue weighted by molar-refractivity contribution is 9.10. The molecule has 0 saturated heterocycles. The number of hydrazone groups is 1. The van der Waals surface area contributed by atoms with Crippen LogP contribution in [0.15, 0.2) is 52.0 Å². The normalized spacial score (nSPS) is 10.6. The van der Waals surface area contributed by atoms with Gasteiger partial charge in [-0.15, -0.1) is 0 Å². The standard InChI is InChI=1S/C15H13BrN2O3/c1-21-13-7-3-5-11(14(13)19)9-17-18-15(20)10-4-2-6-12(16)8-10/h2-9,19H,1H3,(H,18,20)/b17-9-. The first-order valence-electron chi connectivity index (χ1n) is 6.06. The molecule has 2 N–H and O–H groups in total. The third kappa shape index (κ3) is 3.82. The number of para-hydroxylation sites is 1. The summed E-state index contributed by atoms with van der Waals surface area (Å²) in [6.07, 6.45) is 1.35. The molecule has 0 radical (unpaired) electrons. The molecule has 5 nitrogen and oxygen atoms in total. The van der Waals surface area contributed by atoms with Gasteiger partial charge in [-0.05, 0) is 30.3 Å². The fraction of sp³-hybridized carbons (Fsp3) is 0.0667. The topological polar surface area (TPSA) is 70.9 Å². The fourth-order valence-corrected chi connectivity index (χ4v) is 2.06. The van der Waals surface area contributed by atoms with Gasteiger partial charge < -0.3 is 9.84 Å². The number of hydrogen-bond acceptors (Lipinski definition) is 4. The number of benzene rings is 2. The lowest BCUT2D eigenvalue weighted by molar-refractivity contribution is 0.0955. The number of phenolic OH excluding ortho intramolecular Hbond substituents is 1. The second kappa shape index (κ2) is 6.90. The molecule has 0 unspecified atom stereocenters. The van der Waals surface area contributed by atoms with E-state index in [1.807, 2.05) is 6.07 Å². The van der Waals surface area contributed by atoms with Crippen molar-refractivity contribution in [3.05, 3.63) is 58.1 Å². The predicted molar refractivity (Wildman–Crippen MR) is 83.9 cm³/mol. The summed E-state index contributed by atoms with van der Waals surface area (Å²) in [4.78, 5) is 11.9. The molecule has 0 spiro atoms. The summed E-state index contributed by atoms with van der Waals surface area (Å²) in [5.41, 5.74) is 3.33. The van der Waals surface area contributed by atoms with Gasteiger partial charge in [0, 0.05) is 15.6 Å². The van der Waals surface area contributed by atoms with Crippen LogP contribution in [0.3, 0.4) is 0 Å². The molecular formula is C15H13BrN2O3. The number of amides is 1. The van der Waals surface area contributed by atoms with Crippen LogP contribution >= 0.6 is 15.9 Å². The number of hydrogen-bond donors (Lipinski definition) is 2. The molecule has 21 heavy (non-hydrogen) atoms. The predicted octanol–water partition coefficient (Wildman–Crippen LogP) is 2.93. The molecule has 2 aromatic rings. The molecule has 0 aliphatic rings. The van der Waals surface area contributed by atoms with E-state index in [4.69, 9.17) is 4.74 Å². The van der Waals surface area contributed by atoms with E-state index in [-0.39, 0.29) is 11.7 Å². The average molecular weight is 349 g/mol. The maximum absolute atomic E-state index is 11.9. The Hall–Kier alpha value is -2.34. The number of rotatable bonds is 4. The van der Waals surface area contributed by atoms with Crippen LogP contribution in [0.2, 0.25) is 0 Å². The van der Waals surface area contributed by atoms with Crippen molar-refractivity contribution in [2.24, 2.45) is 5.10 Å². The summed E-state index contributed by atoms with van der Waals surface area (Å²) in [6, 6.07) is 12.0. The van der Waals surface area contributed by atoms with Gasteiger partial charge >= 0.3 is 0 Å². The number of carbonyl (C=O) groups is 1. The van der Waals surface area contributed by atoms with Crippen molar-refractivity contribution in [3.63, 3.8) is 0 Å². The lowest BCUT2D eigenvalue weighted by Gasteiger charge is -2.05. The average Bonchev–Trinajstić information content (AvgIpc) is 2.49. The van der Waals surface area contributed by atoms with Crippen LogP contribution < -0.4 is 10.2 Å². The van der Waals surface area contributed by atoms with Gasteiger partial charge in [-0.2, -0.15) is 5.10 Å². The van der Waals surface area contributed by atoms with E-state index in [0.717, 1.165) is 4.47 Å². The van der Waals surface area contributed by atoms with Crippen molar-refractivity contribution >= 4 is 28.1 Å². The minimum Gasteiger partial charge on any atom is -0.504 e. The minimum atomic E-state index is -0.338. The maximum Gasteiger partial charge on any atom is 0.271 e. The first-order chi connectivity index (χ1) is 10.1. The summed E-state index contributed by atoms with van der Waals surface area (Å²) >= 11 is 3.30. The first-order valence-corrected chi connectivity index (χ1v) is 6.86. The molecule has 0 aliphatic heterocycles. The number of phenols is 1. The van der Waals surface area contributed by atoms with Crippen molar-refractivity contribution in [1.29, 1.82) is 0 Å².